The Labute approximate surface area is 122 Å². The number of rotatable bonds is 6. The van der Waals surface area contributed by atoms with Crippen LogP contribution in [-0.2, 0) is 6.54 Å². The van der Waals surface area contributed by atoms with Gasteiger partial charge in [-0.15, -0.1) is 0 Å². The smallest absolute Gasteiger partial charge is 0.0538 e. The maximum atomic E-state index is 6.01. The van der Waals surface area contributed by atoms with Crippen LogP contribution in [-0.4, -0.2) is 58.3 Å². The highest BCUT2D eigenvalue weighted by Crippen LogP contribution is 2.21. The highest BCUT2D eigenvalue weighted by Gasteiger charge is 2.26. The summed E-state index contributed by atoms with van der Waals surface area (Å²) in [5.74, 6) is 0. The second-order valence-corrected chi connectivity index (χ2v) is 5.71. The predicted molar refractivity (Wildman–Crippen MR) is 82.6 cm³/mol. The molecule has 0 spiro atoms. The predicted octanol–water partition coefficient (Wildman–Crippen LogP) is 1.32. The molecule has 1 aliphatic rings. The van der Waals surface area contributed by atoms with Crippen molar-refractivity contribution in [2.75, 3.05) is 32.7 Å². The number of aromatic nitrogens is 2. The van der Waals surface area contributed by atoms with Gasteiger partial charge in [-0.3, -0.25) is 14.5 Å². The molecule has 0 aromatic carbocycles. The van der Waals surface area contributed by atoms with Crippen molar-refractivity contribution in [2.45, 2.75) is 45.8 Å². The van der Waals surface area contributed by atoms with Gasteiger partial charge >= 0.3 is 0 Å². The van der Waals surface area contributed by atoms with Gasteiger partial charge in [-0.2, -0.15) is 5.10 Å². The summed E-state index contributed by atoms with van der Waals surface area (Å²) in [6, 6.07) is 1.01. The molecule has 2 atom stereocenters. The van der Waals surface area contributed by atoms with E-state index in [2.05, 4.69) is 41.9 Å². The first-order chi connectivity index (χ1) is 9.69. The topological polar surface area (TPSA) is 50.3 Å². The van der Waals surface area contributed by atoms with Crippen molar-refractivity contribution in [3.05, 3.63) is 18.0 Å². The minimum atomic E-state index is 0.314. The second-order valence-electron chi connectivity index (χ2n) is 5.71. The molecule has 5 heteroatoms. The zero-order valence-corrected chi connectivity index (χ0v) is 13.1. The molecule has 1 aliphatic heterocycles. The molecule has 2 heterocycles. The molecule has 0 bridgehead atoms. The van der Waals surface area contributed by atoms with E-state index in [-0.39, 0.29) is 0 Å². The maximum absolute atomic E-state index is 6.01. The normalized spacial score (nSPS) is 21.0. The number of piperazine rings is 1. The van der Waals surface area contributed by atoms with E-state index in [1.807, 2.05) is 10.9 Å². The van der Waals surface area contributed by atoms with Crippen molar-refractivity contribution in [2.24, 2.45) is 5.73 Å². The van der Waals surface area contributed by atoms with E-state index in [0.29, 0.717) is 18.6 Å². The molecule has 0 amide bonds. The summed E-state index contributed by atoms with van der Waals surface area (Å²) in [5, 5.41) is 4.38. The third-order valence-corrected chi connectivity index (χ3v) is 4.59. The third kappa shape index (κ3) is 3.40. The Bertz CT molecular complexity index is 395. The fourth-order valence-electron chi connectivity index (χ4n) is 2.97. The van der Waals surface area contributed by atoms with E-state index in [9.17, 15) is 0 Å². The second kappa shape index (κ2) is 7.20. The van der Waals surface area contributed by atoms with Crippen molar-refractivity contribution in [3.8, 4) is 0 Å². The number of hydrogen-bond acceptors (Lipinski definition) is 4. The first-order valence-electron chi connectivity index (χ1n) is 7.90. The lowest BCUT2D eigenvalue weighted by atomic mass is 10.1. The number of nitrogens with two attached hydrogens (primary N) is 1. The molecule has 1 fully saturated rings. The van der Waals surface area contributed by atoms with E-state index >= 15 is 0 Å². The van der Waals surface area contributed by atoms with Crippen LogP contribution in [0.2, 0.25) is 0 Å². The van der Waals surface area contributed by atoms with E-state index in [1.54, 1.807) is 0 Å². The van der Waals surface area contributed by atoms with Crippen LogP contribution in [0.5, 0.6) is 0 Å². The van der Waals surface area contributed by atoms with Gasteiger partial charge in [0, 0.05) is 57.1 Å². The Hall–Kier alpha value is -0.910. The van der Waals surface area contributed by atoms with Gasteiger partial charge in [0.1, 0.15) is 0 Å². The van der Waals surface area contributed by atoms with Gasteiger partial charge in [-0.05, 0) is 20.3 Å². The van der Waals surface area contributed by atoms with Crippen molar-refractivity contribution in [3.63, 3.8) is 0 Å². The van der Waals surface area contributed by atoms with Crippen LogP contribution in [0.1, 0.15) is 38.8 Å². The lowest BCUT2D eigenvalue weighted by molar-refractivity contribution is 0.0743. The summed E-state index contributed by atoms with van der Waals surface area (Å²) in [6.07, 6.45) is 5.34. The van der Waals surface area contributed by atoms with E-state index in [4.69, 9.17) is 5.73 Å². The Morgan fingerprint density at radius 3 is 2.35 bits per heavy atom. The standard InChI is InChI=1S/C15H29N5/c1-4-13(3)18-6-8-19(9-7-18)15(10-16)14-11-17-20(5-2)12-14/h11-13,15H,4-10,16H2,1-3H3. The van der Waals surface area contributed by atoms with Gasteiger partial charge in [0.2, 0.25) is 0 Å². The van der Waals surface area contributed by atoms with Crippen molar-refractivity contribution in [1.82, 2.24) is 19.6 Å². The highest BCUT2D eigenvalue weighted by atomic mass is 15.3. The average Bonchev–Trinajstić information content (AvgIpc) is 2.96. The van der Waals surface area contributed by atoms with Crippen LogP contribution in [0.3, 0.4) is 0 Å². The van der Waals surface area contributed by atoms with E-state index in [0.717, 1.165) is 32.7 Å². The third-order valence-electron chi connectivity index (χ3n) is 4.59. The van der Waals surface area contributed by atoms with Crippen LogP contribution < -0.4 is 5.73 Å². The van der Waals surface area contributed by atoms with Crippen LogP contribution in [0.25, 0.3) is 0 Å². The molecule has 5 nitrogen and oxygen atoms in total. The van der Waals surface area contributed by atoms with Crippen LogP contribution in [0.4, 0.5) is 0 Å². The summed E-state index contributed by atoms with van der Waals surface area (Å²) in [7, 11) is 0. The summed E-state index contributed by atoms with van der Waals surface area (Å²) < 4.78 is 1.98. The van der Waals surface area contributed by atoms with Gasteiger partial charge in [-0.1, -0.05) is 6.92 Å². The van der Waals surface area contributed by atoms with Crippen molar-refractivity contribution >= 4 is 0 Å². The quantitative estimate of drug-likeness (QED) is 0.853. The highest BCUT2D eigenvalue weighted by molar-refractivity contribution is 5.11. The summed E-state index contributed by atoms with van der Waals surface area (Å²) >= 11 is 0. The monoisotopic (exact) mass is 279 g/mol. The zero-order chi connectivity index (χ0) is 14.5. The molecule has 1 saturated heterocycles. The Kier molecular flexibility index (Phi) is 5.57. The first-order valence-corrected chi connectivity index (χ1v) is 7.90. The van der Waals surface area contributed by atoms with Gasteiger partial charge in [0.15, 0.2) is 0 Å². The molecule has 1 aromatic rings. The summed E-state index contributed by atoms with van der Waals surface area (Å²) in [4.78, 5) is 5.09. The summed E-state index contributed by atoms with van der Waals surface area (Å²) in [5.41, 5.74) is 7.27. The van der Waals surface area contributed by atoms with Gasteiger partial charge in [0.05, 0.1) is 12.2 Å². The van der Waals surface area contributed by atoms with E-state index < -0.39 is 0 Å². The average molecular weight is 279 g/mol. The molecule has 2 N–H and O–H groups in total. The van der Waals surface area contributed by atoms with E-state index in [1.165, 1.54) is 12.0 Å². The molecular weight excluding hydrogens is 250 g/mol. The van der Waals surface area contributed by atoms with Crippen molar-refractivity contribution in [1.29, 1.82) is 0 Å². The Morgan fingerprint density at radius 1 is 1.20 bits per heavy atom. The van der Waals surface area contributed by atoms with Gasteiger partial charge < -0.3 is 5.73 Å². The lowest BCUT2D eigenvalue weighted by Crippen LogP contribution is -2.51. The fraction of sp³-hybridized carbons (Fsp3) is 0.800. The molecule has 114 valence electrons. The van der Waals surface area contributed by atoms with Crippen molar-refractivity contribution < 1.29 is 0 Å². The molecule has 0 radical (unpaired) electrons. The Balaban J connectivity index is 1.96. The first kappa shape index (κ1) is 15.5. The van der Waals surface area contributed by atoms with Gasteiger partial charge in [-0.25, -0.2) is 0 Å². The molecular formula is C15H29N5. The molecule has 20 heavy (non-hydrogen) atoms. The molecule has 2 rings (SSSR count). The molecule has 0 saturated carbocycles. The number of hydrogen-bond donors (Lipinski definition) is 1. The maximum Gasteiger partial charge on any atom is 0.0538 e. The largest absolute Gasteiger partial charge is 0.329 e. The Morgan fingerprint density at radius 2 is 1.85 bits per heavy atom. The molecule has 1 aromatic heterocycles. The van der Waals surface area contributed by atoms with Gasteiger partial charge in [0.25, 0.3) is 0 Å². The van der Waals surface area contributed by atoms with Crippen LogP contribution in [0.15, 0.2) is 12.4 Å². The minimum Gasteiger partial charge on any atom is -0.329 e. The number of nitrogens with zero attached hydrogens (tertiary/aromatic N) is 4. The molecule has 0 aliphatic carbocycles. The SMILES string of the molecule is CCC(C)N1CCN(C(CN)c2cnn(CC)c2)CC1. The fourth-order valence-corrected chi connectivity index (χ4v) is 2.97. The summed E-state index contributed by atoms with van der Waals surface area (Å²) in [6.45, 7) is 12.8. The minimum absolute atomic E-state index is 0.314. The zero-order valence-electron chi connectivity index (χ0n) is 13.1. The van der Waals surface area contributed by atoms with Crippen LogP contribution in [0, 0.1) is 0 Å². The lowest BCUT2D eigenvalue weighted by Gasteiger charge is -2.40. The number of aryl methyl sites for hydroxylation is 1. The van der Waals surface area contributed by atoms with Crippen LogP contribution >= 0.6 is 0 Å². The molecule has 2 unspecified atom stereocenters.